The molecule has 0 saturated heterocycles. The number of hydrogen-bond donors (Lipinski definition) is 3. The van der Waals surface area contributed by atoms with E-state index in [1.807, 2.05) is 75.1 Å². The molecule has 4 aromatic rings. The normalized spacial score (nSPS) is 10.8. The van der Waals surface area contributed by atoms with Crippen molar-refractivity contribution in [2.45, 2.75) is 27.7 Å². The lowest BCUT2D eigenvalue weighted by atomic mass is 10.1. The first-order valence-corrected chi connectivity index (χ1v) is 10.7. The lowest BCUT2D eigenvalue weighted by Gasteiger charge is -2.27. The molecule has 4 rings (SSSR count). The molecule has 168 valence electrons. The third kappa shape index (κ3) is 4.72. The number of phenolic OH excluding ortho intramolecular Hbond substituents is 3. The average molecular weight is 442 g/mol. The largest absolute Gasteiger partial charge is 0.508 e. The summed E-state index contributed by atoms with van der Waals surface area (Å²) in [5, 5.41) is 30.6. The Morgan fingerprint density at radius 1 is 0.636 bits per heavy atom. The first kappa shape index (κ1) is 22.1. The molecule has 0 atom stereocenters. The van der Waals surface area contributed by atoms with Gasteiger partial charge >= 0.3 is 0 Å². The van der Waals surface area contributed by atoms with Crippen LogP contribution in [-0.4, -0.2) is 15.3 Å². The van der Waals surface area contributed by atoms with Gasteiger partial charge in [-0.15, -0.1) is 0 Å². The Kier molecular flexibility index (Phi) is 5.88. The van der Waals surface area contributed by atoms with Crippen molar-refractivity contribution in [2.24, 2.45) is 0 Å². The molecular formula is C28H27NO4. The molecule has 33 heavy (non-hydrogen) atoms. The highest BCUT2D eigenvalue weighted by atomic mass is 16.5. The molecule has 0 aliphatic carbocycles. The summed E-state index contributed by atoms with van der Waals surface area (Å²) in [6.45, 7) is 7.59. The monoisotopic (exact) mass is 441 g/mol. The highest BCUT2D eigenvalue weighted by Gasteiger charge is 2.17. The summed E-state index contributed by atoms with van der Waals surface area (Å²) < 4.78 is 6.19. The molecule has 0 fully saturated rings. The van der Waals surface area contributed by atoms with E-state index in [1.54, 1.807) is 30.3 Å². The Bertz CT molecular complexity index is 1240. The molecule has 0 aromatic heterocycles. The number of aryl methyl sites for hydroxylation is 3. The second-order valence-corrected chi connectivity index (χ2v) is 8.34. The highest BCUT2D eigenvalue weighted by Crippen LogP contribution is 2.41. The molecule has 0 bridgehead atoms. The number of benzene rings is 4. The van der Waals surface area contributed by atoms with Crippen LogP contribution in [0.5, 0.6) is 28.7 Å². The number of nitrogens with zero attached hydrogens (tertiary/aromatic N) is 1. The van der Waals surface area contributed by atoms with Crippen LogP contribution >= 0.6 is 0 Å². The molecule has 0 spiro atoms. The number of phenols is 3. The van der Waals surface area contributed by atoms with Gasteiger partial charge in [-0.2, -0.15) is 0 Å². The molecule has 0 aliphatic rings. The van der Waals surface area contributed by atoms with E-state index in [0.29, 0.717) is 17.1 Å². The number of aromatic hydroxyl groups is 3. The van der Waals surface area contributed by atoms with Crippen LogP contribution in [0, 0.1) is 27.7 Å². The SMILES string of the molecule is Cc1cc(O)cc(N(c2cc(C)cc(O)c2)c2cccc(Oc3c(C)ccc(O)c3C)c2)c1. The van der Waals surface area contributed by atoms with E-state index in [-0.39, 0.29) is 17.2 Å². The summed E-state index contributed by atoms with van der Waals surface area (Å²) >= 11 is 0. The first-order valence-electron chi connectivity index (χ1n) is 10.7. The van der Waals surface area contributed by atoms with Gasteiger partial charge < -0.3 is 25.0 Å². The molecule has 0 unspecified atom stereocenters. The van der Waals surface area contributed by atoms with E-state index < -0.39 is 0 Å². The number of rotatable bonds is 5. The number of hydrogen-bond acceptors (Lipinski definition) is 5. The van der Waals surface area contributed by atoms with Crippen molar-refractivity contribution in [3.05, 3.63) is 95.1 Å². The fourth-order valence-electron chi connectivity index (χ4n) is 3.97. The Hall–Kier alpha value is -4.12. The minimum absolute atomic E-state index is 0.158. The van der Waals surface area contributed by atoms with Crippen LogP contribution in [0.3, 0.4) is 0 Å². The van der Waals surface area contributed by atoms with Crippen molar-refractivity contribution >= 4 is 17.1 Å². The maximum absolute atomic E-state index is 10.3. The lowest BCUT2D eigenvalue weighted by Crippen LogP contribution is -2.10. The van der Waals surface area contributed by atoms with Crippen LogP contribution in [0.1, 0.15) is 22.3 Å². The number of ether oxygens (including phenoxy) is 1. The second-order valence-electron chi connectivity index (χ2n) is 8.34. The standard InChI is InChI=1S/C28H27NO4/c1-17-10-22(14-24(30)12-17)29(23-11-18(2)13-25(31)15-23)21-6-5-7-26(16-21)33-28-19(3)8-9-27(32)20(28)4/h5-16,30-32H,1-4H3. The third-order valence-electron chi connectivity index (χ3n) is 5.48. The molecule has 0 amide bonds. The van der Waals surface area contributed by atoms with Crippen LogP contribution in [0.25, 0.3) is 0 Å². The Balaban J connectivity index is 1.84. The molecule has 0 aliphatic heterocycles. The fraction of sp³-hybridized carbons (Fsp3) is 0.143. The topological polar surface area (TPSA) is 73.2 Å². The van der Waals surface area contributed by atoms with E-state index in [1.165, 1.54) is 0 Å². The van der Waals surface area contributed by atoms with Gasteiger partial charge in [-0.05, 0) is 86.8 Å². The molecule has 5 heteroatoms. The number of anilines is 3. The predicted molar refractivity (Wildman–Crippen MR) is 132 cm³/mol. The van der Waals surface area contributed by atoms with Gasteiger partial charge in [0.25, 0.3) is 0 Å². The van der Waals surface area contributed by atoms with Crippen molar-refractivity contribution < 1.29 is 20.1 Å². The molecule has 0 heterocycles. The van der Waals surface area contributed by atoms with Gasteiger partial charge in [0.05, 0.1) is 11.4 Å². The average Bonchev–Trinajstić information content (AvgIpc) is 2.73. The summed E-state index contributed by atoms with van der Waals surface area (Å²) in [6.07, 6.45) is 0. The summed E-state index contributed by atoms with van der Waals surface area (Å²) in [5.74, 6) is 1.71. The van der Waals surface area contributed by atoms with Gasteiger partial charge in [-0.25, -0.2) is 0 Å². The zero-order valence-electron chi connectivity index (χ0n) is 19.1. The predicted octanol–water partition coefficient (Wildman–Crippen LogP) is 7.30. The van der Waals surface area contributed by atoms with Crippen molar-refractivity contribution in [2.75, 3.05) is 4.90 Å². The Morgan fingerprint density at radius 3 is 1.82 bits per heavy atom. The second kappa shape index (κ2) is 8.79. The van der Waals surface area contributed by atoms with Gasteiger partial charge in [-0.1, -0.05) is 12.1 Å². The highest BCUT2D eigenvalue weighted by molar-refractivity contribution is 5.79. The molecule has 0 radical (unpaired) electrons. The van der Waals surface area contributed by atoms with Crippen molar-refractivity contribution in [1.29, 1.82) is 0 Å². The van der Waals surface area contributed by atoms with E-state index in [0.717, 1.165) is 33.8 Å². The van der Waals surface area contributed by atoms with Crippen molar-refractivity contribution in [3.8, 4) is 28.7 Å². The zero-order valence-corrected chi connectivity index (χ0v) is 19.1. The van der Waals surface area contributed by atoms with E-state index in [9.17, 15) is 15.3 Å². The van der Waals surface area contributed by atoms with Crippen molar-refractivity contribution in [1.82, 2.24) is 0 Å². The van der Waals surface area contributed by atoms with Gasteiger partial charge in [0, 0.05) is 29.4 Å². The summed E-state index contributed by atoms with van der Waals surface area (Å²) in [6, 6.07) is 21.7. The lowest BCUT2D eigenvalue weighted by molar-refractivity contribution is 0.446. The molecular weight excluding hydrogens is 414 g/mol. The third-order valence-corrected chi connectivity index (χ3v) is 5.48. The smallest absolute Gasteiger partial charge is 0.136 e. The van der Waals surface area contributed by atoms with Crippen LogP contribution in [0.15, 0.2) is 72.8 Å². The van der Waals surface area contributed by atoms with Crippen LogP contribution in [0.4, 0.5) is 17.1 Å². The molecule has 4 aromatic carbocycles. The maximum atomic E-state index is 10.3. The quantitative estimate of drug-likeness (QED) is 0.303. The summed E-state index contributed by atoms with van der Waals surface area (Å²) in [4.78, 5) is 1.95. The van der Waals surface area contributed by atoms with Crippen LogP contribution in [-0.2, 0) is 0 Å². The maximum Gasteiger partial charge on any atom is 0.136 e. The van der Waals surface area contributed by atoms with Crippen LogP contribution < -0.4 is 9.64 Å². The molecule has 3 N–H and O–H groups in total. The van der Waals surface area contributed by atoms with Crippen molar-refractivity contribution in [3.63, 3.8) is 0 Å². The zero-order chi connectivity index (χ0) is 23.7. The first-order chi connectivity index (χ1) is 15.7. The fourth-order valence-corrected chi connectivity index (χ4v) is 3.97. The van der Waals surface area contributed by atoms with Gasteiger partial charge in [0.2, 0.25) is 0 Å². The minimum Gasteiger partial charge on any atom is -0.508 e. The molecule has 0 saturated carbocycles. The van der Waals surface area contributed by atoms with E-state index in [2.05, 4.69) is 0 Å². The van der Waals surface area contributed by atoms with Gasteiger partial charge in [-0.3, -0.25) is 0 Å². The van der Waals surface area contributed by atoms with Gasteiger partial charge in [0.15, 0.2) is 0 Å². The van der Waals surface area contributed by atoms with E-state index >= 15 is 0 Å². The minimum atomic E-state index is 0.158. The summed E-state index contributed by atoms with van der Waals surface area (Å²) in [7, 11) is 0. The summed E-state index contributed by atoms with van der Waals surface area (Å²) in [5.41, 5.74) is 5.69. The molecule has 5 nitrogen and oxygen atoms in total. The Morgan fingerprint density at radius 2 is 1.24 bits per heavy atom. The van der Waals surface area contributed by atoms with E-state index in [4.69, 9.17) is 4.74 Å². The van der Waals surface area contributed by atoms with Gasteiger partial charge in [0.1, 0.15) is 28.7 Å². The Labute approximate surface area is 193 Å². The van der Waals surface area contributed by atoms with Crippen LogP contribution in [0.2, 0.25) is 0 Å².